The van der Waals surface area contributed by atoms with Crippen LogP contribution in [0.3, 0.4) is 0 Å². The van der Waals surface area contributed by atoms with Gasteiger partial charge in [-0.1, -0.05) is 29.8 Å². The molecule has 8 nitrogen and oxygen atoms in total. The maximum absolute atomic E-state index is 12.1. The third-order valence-electron chi connectivity index (χ3n) is 3.57. The summed E-state index contributed by atoms with van der Waals surface area (Å²) in [5.74, 6) is -1.07. The molecule has 9 heteroatoms. The Bertz CT molecular complexity index is 927. The number of nitrogens with zero attached hydrogens (tertiary/aromatic N) is 2. The number of rotatable bonds is 6. The quantitative estimate of drug-likeness (QED) is 0.446. The molecule has 2 rings (SSSR count). The molecule has 0 radical (unpaired) electrons. The van der Waals surface area contributed by atoms with Crippen molar-refractivity contribution in [3.8, 4) is 0 Å². The Morgan fingerprint density at radius 3 is 2.59 bits per heavy atom. The minimum Gasteiger partial charge on any atom is -0.326 e. The van der Waals surface area contributed by atoms with Crippen molar-refractivity contribution in [2.45, 2.75) is 20.3 Å². The number of para-hydroxylation sites is 1. The van der Waals surface area contributed by atoms with Crippen LogP contribution in [-0.4, -0.2) is 22.4 Å². The molecule has 0 aliphatic carbocycles. The number of aryl methyl sites for hydroxylation is 1. The van der Waals surface area contributed by atoms with Crippen LogP contribution >= 0.6 is 11.6 Å². The first kappa shape index (κ1) is 20.1. The van der Waals surface area contributed by atoms with Gasteiger partial charge >= 0.3 is 0 Å². The third-order valence-corrected chi connectivity index (χ3v) is 3.97. The minimum absolute atomic E-state index is 0.0668. The van der Waals surface area contributed by atoms with E-state index in [0.717, 1.165) is 5.56 Å². The molecule has 0 saturated heterocycles. The van der Waals surface area contributed by atoms with Gasteiger partial charge in [0, 0.05) is 22.5 Å². The summed E-state index contributed by atoms with van der Waals surface area (Å²) in [7, 11) is 0. The predicted molar refractivity (Wildman–Crippen MR) is 103 cm³/mol. The van der Waals surface area contributed by atoms with Crippen molar-refractivity contribution in [3.05, 3.63) is 68.7 Å². The van der Waals surface area contributed by atoms with Crippen LogP contribution in [0.25, 0.3) is 0 Å². The highest BCUT2D eigenvalue weighted by molar-refractivity contribution is 6.31. The van der Waals surface area contributed by atoms with Crippen LogP contribution in [0.15, 0.2) is 47.6 Å². The van der Waals surface area contributed by atoms with E-state index in [1.165, 1.54) is 24.3 Å². The van der Waals surface area contributed by atoms with E-state index in [1.54, 1.807) is 25.1 Å². The van der Waals surface area contributed by atoms with Crippen molar-refractivity contribution < 1.29 is 14.5 Å². The lowest BCUT2D eigenvalue weighted by atomic mass is 10.2. The summed E-state index contributed by atoms with van der Waals surface area (Å²) < 4.78 is 0. The second kappa shape index (κ2) is 8.91. The number of amides is 2. The van der Waals surface area contributed by atoms with Crippen LogP contribution in [0.4, 0.5) is 11.4 Å². The molecule has 0 fully saturated rings. The Morgan fingerprint density at radius 2 is 1.93 bits per heavy atom. The molecule has 140 valence electrons. The highest BCUT2D eigenvalue weighted by Crippen LogP contribution is 2.20. The largest absolute Gasteiger partial charge is 0.326 e. The monoisotopic (exact) mass is 388 g/mol. The molecule has 0 aliphatic heterocycles. The lowest BCUT2D eigenvalue weighted by Gasteiger charge is -2.07. The van der Waals surface area contributed by atoms with E-state index in [-0.39, 0.29) is 23.6 Å². The molecular weight excluding hydrogens is 372 g/mol. The summed E-state index contributed by atoms with van der Waals surface area (Å²) in [6, 6.07) is 10.7. The SMILES string of the molecule is C/C(CC(=O)Nc1ccc(C)c(Cl)c1)=N/NC(=O)c1ccccc1[N+](=O)[O-]. The standard InChI is InChI=1S/C18H17ClN4O4/c1-11-7-8-13(10-15(11)19)20-17(24)9-12(2)21-22-18(25)14-5-3-4-6-16(14)23(26)27/h3-8,10H,9H2,1-2H3,(H,20,24)(H,22,25)/b21-12-. The lowest BCUT2D eigenvalue weighted by Crippen LogP contribution is -2.22. The van der Waals surface area contributed by atoms with Gasteiger partial charge < -0.3 is 5.32 Å². The van der Waals surface area contributed by atoms with Gasteiger partial charge in [0.25, 0.3) is 11.6 Å². The van der Waals surface area contributed by atoms with E-state index in [9.17, 15) is 19.7 Å². The molecule has 2 N–H and O–H groups in total. The second-order valence-electron chi connectivity index (χ2n) is 5.75. The van der Waals surface area contributed by atoms with E-state index in [2.05, 4.69) is 15.8 Å². The Labute approximate surface area is 160 Å². The van der Waals surface area contributed by atoms with Gasteiger partial charge in [-0.3, -0.25) is 19.7 Å². The van der Waals surface area contributed by atoms with E-state index >= 15 is 0 Å². The number of carbonyl (C=O) groups is 2. The van der Waals surface area contributed by atoms with Crippen LogP contribution in [0.1, 0.15) is 29.3 Å². The van der Waals surface area contributed by atoms with Gasteiger partial charge in [0.15, 0.2) is 0 Å². The summed E-state index contributed by atoms with van der Waals surface area (Å²) in [4.78, 5) is 34.4. The zero-order chi connectivity index (χ0) is 20.0. The van der Waals surface area contributed by atoms with Crippen LogP contribution in [0.5, 0.6) is 0 Å². The second-order valence-corrected chi connectivity index (χ2v) is 6.16. The van der Waals surface area contributed by atoms with E-state index < -0.39 is 10.8 Å². The van der Waals surface area contributed by atoms with Crippen molar-refractivity contribution in [2.75, 3.05) is 5.32 Å². The Hall–Kier alpha value is -3.26. The van der Waals surface area contributed by atoms with Gasteiger partial charge in [-0.15, -0.1) is 0 Å². The molecule has 0 spiro atoms. The molecule has 2 aromatic rings. The average Bonchev–Trinajstić information content (AvgIpc) is 2.62. The maximum Gasteiger partial charge on any atom is 0.282 e. The zero-order valence-electron chi connectivity index (χ0n) is 14.7. The first-order valence-corrected chi connectivity index (χ1v) is 8.28. The molecule has 2 aromatic carbocycles. The zero-order valence-corrected chi connectivity index (χ0v) is 15.4. The summed E-state index contributed by atoms with van der Waals surface area (Å²) in [5.41, 5.74) is 3.56. The fourth-order valence-corrected chi connectivity index (χ4v) is 2.36. The fraction of sp³-hybridized carbons (Fsp3) is 0.167. The first-order valence-electron chi connectivity index (χ1n) is 7.91. The number of nitrogens with one attached hydrogen (secondary N) is 2. The summed E-state index contributed by atoms with van der Waals surface area (Å²) in [6.07, 6.45) is -0.0668. The Kier molecular flexibility index (Phi) is 6.62. The van der Waals surface area contributed by atoms with Crippen molar-refractivity contribution >= 4 is 40.5 Å². The summed E-state index contributed by atoms with van der Waals surface area (Å²) >= 11 is 6.01. The van der Waals surface area contributed by atoms with Crippen molar-refractivity contribution in [1.29, 1.82) is 0 Å². The first-order chi connectivity index (χ1) is 12.8. The molecule has 27 heavy (non-hydrogen) atoms. The van der Waals surface area contributed by atoms with Gasteiger partial charge in [-0.25, -0.2) is 5.43 Å². The highest BCUT2D eigenvalue weighted by Gasteiger charge is 2.18. The smallest absolute Gasteiger partial charge is 0.282 e. The normalized spacial score (nSPS) is 11.0. The molecule has 0 bridgehead atoms. The fourth-order valence-electron chi connectivity index (χ4n) is 2.18. The molecule has 0 saturated carbocycles. The van der Waals surface area contributed by atoms with Crippen molar-refractivity contribution in [1.82, 2.24) is 5.43 Å². The number of nitro benzene ring substituents is 1. The van der Waals surface area contributed by atoms with Crippen molar-refractivity contribution in [3.63, 3.8) is 0 Å². The third kappa shape index (κ3) is 5.61. The van der Waals surface area contributed by atoms with Crippen LogP contribution in [0, 0.1) is 17.0 Å². The molecule has 0 heterocycles. The Balaban J connectivity index is 1.97. The number of anilines is 1. The van der Waals surface area contributed by atoms with Gasteiger partial charge in [0.2, 0.25) is 5.91 Å². The molecule has 0 unspecified atom stereocenters. The average molecular weight is 389 g/mol. The van der Waals surface area contributed by atoms with Crippen LogP contribution in [0.2, 0.25) is 5.02 Å². The summed E-state index contributed by atoms with van der Waals surface area (Å²) in [6.45, 7) is 3.41. The number of nitro groups is 1. The van der Waals surface area contributed by atoms with Gasteiger partial charge in [-0.2, -0.15) is 5.10 Å². The minimum atomic E-state index is -0.729. The Morgan fingerprint density at radius 1 is 1.22 bits per heavy atom. The molecule has 0 aromatic heterocycles. The number of halogens is 1. The van der Waals surface area contributed by atoms with Crippen molar-refractivity contribution in [2.24, 2.45) is 5.10 Å². The van der Waals surface area contributed by atoms with E-state index in [4.69, 9.17) is 11.6 Å². The molecule has 0 aliphatic rings. The number of hydrazone groups is 1. The van der Waals surface area contributed by atoms with E-state index in [1.807, 2.05) is 6.92 Å². The number of benzene rings is 2. The number of carbonyl (C=O) groups excluding carboxylic acids is 2. The number of hydrogen-bond donors (Lipinski definition) is 2. The van der Waals surface area contributed by atoms with Crippen LogP contribution in [-0.2, 0) is 4.79 Å². The lowest BCUT2D eigenvalue weighted by molar-refractivity contribution is -0.385. The van der Waals surface area contributed by atoms with Crippen LogP contribution < -0.4 is 10.7 Å². The summed E-state index contributed by atoms with van der Waals surface area (Å²) in [5, 5.41) is 18.0. The van der Waals surface area contributed by atoms with Gasteiger partial charge in [-0.05, 0) is 37.6 Å². The molecule has 0 atom stereocenters. The van der Waals surface area contributed by atoms with Gasteiger partial charge in [0.05, 0.1) is 11.3 Å². The predicted octanol–water partition coefficient (Wildman–Crippen LogP) is 3.69. The number of hydrogen-bond acceptors (Lipinski definition) is 5. The highest BCUT2D eigenvalue weighted by atomic mass is 35.5. The van der Waals surface area contributed by atoms with E-state index in [0.29, 0.717) is 16.4 Å². The maximum atomic E-state index is 12.1. The topological polar surface area (TPSA) is 114 Å². The molecular formula is C18H17ClN4O4. The molecule has 2 amide bonds. The van der Waals surface area contributed by atoms with Gasteiger partial charge in [0.1, 0.15) is 5.56 Å².